The fourth-order valence-electron chi connectivity index (χ4n) is 3.30. The molecule has 10 heteroatoms. The van der Waals surface area contributed by atoms with Gasteiger partial charge in [0.25, 0.3) is 11.5 Å². The van der Waals surface area contributed by atoms with Crippen LogP contribution in [-0.4, -0.2) is 15.5 Å². The lowest BCUT2D eigenvalue weighted by Crippen LogP contribution is -2.20. The molecule has 5 nitrogen and oxygen atoms in total. The molecule has 28 heavy (non-hydrogen) atoms. The van der Waals surface area contributed by atoms with Crippen LogP contribution in [-0.2, 0) is 19.1 Å². The molecule has 0 fully saturated rings. The normalized spacial score (nSPS) is 13.8. The van der Waals surface area contributed by atoms with Crippen LogP contribution in [0, 0.1) is 6.92 Å². The molecule has 1 aliphatic heterocycles. The van der Waals surface area contributed by atoms with Gasteiger partial charge in [-0.2, -0.15) is 13.2 Å². The zero-order valence-corrected chi connectivity index (χ0v) is 16.1. The molecule has 0 spiro atoms. The Hall–Kier alpha value is -2.39. The van der Waals surface area contributed by atoms with Gasteiger partial charge in [-0.15, -0.1) is 11.3 Å². The predicted molar refractivity (Wildman–Crippen MR) is 101 cm³/mol. The molecular weight excluding hydrogens is 415 g/mol. The highest BCUT2D eigenvalue weighted by Gasteiger charge is 2.33. The van der Waals surface area contributed by atoms with Gasteiger partial charge in [-0.1, -0.05) is 11.6 Å². The largest absolute Gasteiger partial charge is 0.417 e. The van der Waals surface area contributed by atoms with E-state index in [2.05, 4.69) is 10.3 Å². The molecule has 0 radical (unpaired) electrons. The molecule has 1 N–H and O–H groups in total. The standard InChI is InChI=1S/C18H13ClF3N3O2S/c1-8-13-16(24-12-3-2-6-25(12)17(13)27)28-14(8)15(26)23-9-4-5-11(19)10(7-9)18(20,21)22/h4-5,7H,2-3,6H2,1H3,(H,23,26). The van der Waals surface area contributed by atoms with Gasteiger partial charge >= 0.3 is 6.18 Å². The molecule has 0 atom stereocenters. The first kappa shape index (κ1) is 18.9. The van der Waals surface area contributed by atoms with Crippen molar-refractivity contribution in [3.63, 3.8) is 0 Å². The van der Waals surface area contributed by atoms with Gasteiger partial charge in [0.1, 0.15) is 10.7 Å². The average molecular weight is 428 g/mol. The number of anilines is 1. The highest BCUT2D eigenvalue weighted by atomic mass is 35.5. The van der Waals surface area contributed by atoms with E-state index >= 15 is 0 Å². The number of aromatic nitrogens is 2. The smallest absolute Gasteiger partial charge is 0.321 e. The summed E-state index contributed by atoms with van der Waals surface area (Å²) in [7, 11) is 0. The van der Waals surface area contributed by atoms with Gasteiger partial charge in [0.2, 0.25) is 0 Å². The number of benzene rings is 1. The van der Waals surface area contributed by atoms with E-state index in [1.165, 1.54) is 6.07 Å². The Kier molecular flexibility index (Phi) is 4.46. The minimum atomic E-state index is -4.63. The van der Waals surface area contributed by atoms with E-state index in [1.54, 1.807) is 11.5 Å². The fraction of sp³-hybridized carbons (Fsp3) is 0.278. The van der Waals surface area contributed by atoms with Gasteiger partial charge < -0.3 is 5.32 Å². The molecule has 1 aliphatic rings. The number of alkyl halides is 3. The van der Waals surface area contributed by atoms with Crippen molar-refractivity contribution in [3.05, 3.63) is 55.4 Å². The highest BCUT2D eigenvalue weighted by molar-refractivity contribution is 7.20. The molecule has 2 aromatic heterocycles. The van der Waals surface area contributed by atoms with Crippen molar-refractivity contribution in [2.45, 2.75) is 32.5 Å². The molecule has 4 rings (SSSR count). The summed E-state index contributed by atoms with van der Waals surface area (Å²) >= 11 is 6.66. The first-order valence-electron chi connectivity index (χ1n) is 8.37. The van der Waals surface area contributed by atoms with Crippen LogP contribution in [0.3, 0.4) is 0 Å². The lowest BCUT2D eigenvalue weighted by atomic mass is 10.1. The lowest BCUT2D eigenvalue weighted by Gasteiger charge is -2.11. The summed E-state index contributed by atoms with van der Waals surface area (Å²) in [6, 6.07) is 3.15. The zero-order chi connectivity index (χ0) is 20.2. The molecule has 0 saturated heterocycles. The Labute approximate surface area is 165 Å². The van der Waals surface area contributed by atoms with E-state index in [0.29, 0.717) is 34.6 Å². The number of amides is 1. The highest BCUT2D eigenvalue weighted by Crippen LogP contribution is 2.36. The first-order chi connectivity index (χ1) is 13.2. The Balaban J connectivity index is 1.72. The molecule has 0 bridgehead atoms. The minimum absolute atomic E-state index is 0.0363. The van der Waals surface area contributed by atoms with Crippen LogP contribution in [0.4, 0.5) is 18.9 Å². The second-order valence-corrected chi connectivity index (χ2v) is 7.88. The van der Waals surface area contributed by atoms with Gasteiger partial charge in [0.15, 0.2) is 0 Å². The molecule has 146 valence electrons. The van der Waals surface area contributed by atoms with Crippen LogP contribution in [0.1, 0.15) is 33.0 Å². The van der Waals surface area contributed by atoms with Crippen molar-refractivity contribution in [3.8, 4) is 0 Å². The number of hydrogen-bond donors (Lipinski definition) is 1. The molecule has 3 heterocycles. The molecule has 3 aromatic rings. The van der Waals surface area contributed by atoms with E-state index in [0.717, 1.165) is 29.9 Å². The van der Waals surface area contributed by atoms with E-state index in [-0.39, 0.29) is 16.1 Å². The third-order valence-corrected chi connectivity index (χ3v) is 6.16. The number of halogens is 4. The van der Waals surface area contributed by atoms with Crippen LogP contribution < -0.4 is 10.9 Å². The van der Waals surface area contributed by atoms with Crippen molar-refractivity contribution in [2.75, 3.05) is 5.32 Å². The van der Waals surface area contributed by atoms with Gasteiger partial charge in [-0.05, 0) is 37.1 Å². The number of fused-ring (bicyclic) bond motifs is 2. The first-order valence-corrected chi connectivity index (χ1v) is 9.57. The van der Waals surface area contributed by atoms with Crippen molar-refractivity contribution in [2.24, 2.45) is 0 Å². The van der Waals surface area contributed by atoms with E-state index in [9.17, 15) is 22.8 Å². The number of nitrogens with zero attached hydrogens (tertiary/aromatic N) is 2. The van der Waals surface area contributed by atoms with Gasteiger partial charge in [-0.3, -0.25) is 14.2 Å². The maximum Gasteiger partial charge on any atom is 0.417 e. The van der Waals surface area contributed by atoms with Crippen LogP contribution >= 0.6 is 22.9 Å². The van der Waals surface area contributed by atoms with Gasteiger partial charge in [-0.25, -0.2) is 4.98 Å². The molecule has 1 amide bonds. The van der Waals surface area contributed by atoms with Gasteiger partial charge in [0, 0.05) is 18.7 Å². The monoisotopic (exact) mass is 427 g/mol. The summed E-state index contributed by atoms with van der Waals surface area (Å²) in [5, 5.41) is 2.39. The number of carbonyl (C=O) groups is 1. The zero-order valence-electron chi connectivity index (χ0n) is 14.5. The summed E-state index contributed by atoms with van der Waals surface area (Å²) in [6.45, 7) is 2.24. The molecular formula is C18H13ClF3N3O2S. The fourth-order valence-corrected chi connectivity index (χ4v) is 4.61. The second kappa shape index (κ2) is 6.59. The number of hydrogen-bond acceptors (Lipinski definition) is 4. The number of carbonyl (C=O) groups excluding carboxylic acids is 1. The van der Waals surface area contributed by atoms with Gasteiger partial charge in [0.05, 0.1) is 20.8 Å². The van der Waals surface area contributed by atoms with Crippen LogP contribution in [0.25, 0.3) is 10.2 Å². The van der Waals surface area contributed by atoms with Crippen molar-refractivity contribution in [1.82, 2.24) is 9.55 Å². The molecule has 0 unspecified atom stereocenters. The van der Waals surface area contributed by atoms with Crippen molar-refractivity contribution >= 4 is 44.7 Å². The van der Waals surface area contributed by atoms with Crippen molar-refractivity contribution in [1.29, 1.82) is 0 Å². The summed E-state index contributed by atoms with van der Waals surface area (Å²) in [5.41, 5.74) is -0.777. The summed E-state index contributed by atoms with van der Waals surface area (Å²) in [6.07, 6.45) is -3.08. The maximum absolute atomic E-state index is 13.0. The Bertz CT molecular complexity index is 1180. The topological polar surface area (TPSA) is 64.0 Å². The molecule has 0 saturated carbocycles. The minimum Gasteiger partial charge on any atom is -0.321 e. The molecule has 0 aliphatic carbocycles. The van der Waals surface area contributed by atoms with Crippen LogP contribution in [0.2, 0.25) is 5.02 Å². The van der Waals surface area contributed by atoms with Crippen molar-refractivity contribution < 1.29 is 18.0 Å². The summed E-state index contributed by atoms with van der Waals surface area (Å²) in [4.78, 5) is 30.5. The Morgan fingerprint density at radius 1 is 1.36 bits per heavy atom. The summed E-state index contributed by atoms with van der Waals surface area (Å²) in [5.74, 6) is 0.0961. The third-order valence-electron chi connectivity index (χ3n) is 4.65. The predicted octanol–water partition coefficient (Wildman–Crippen LogP) is 4.64. The Morgan fingerprint density at radius 3 is 2.82 bits per heavy atom. The lowest BCUT2D eigenvalue weighted by molar-refractivity contribution is -0.137. The number of rotatable bonds is 2. The number of nitrogens with one attached hydrogen (secondary N) is 1. The van der Waals surface area contributed by atoms with Crippen LogP contribution in [0.15, 0.2) is 23.0 Å². The van der Waals surface area contributed by atoms with E-state index in [1.807, 2.05) is 0 Å². The molecule has 1 aromatic carbocycles. The van der Waals surface area contributed by atoms with Crippen LogP contribution in [0.5, 0.6) is 0 Å². The summed E-state index contributed by atoms with van der Waals surface area (Å²) < 4.78 is 40.6. The Morgan fingerprint density at radius 2 is 2.11 bits per heavy atom. The quantitative estimate of drug-likeness (QED) is 0.648. The van der Waals surface area contributed by atoms with E-state index < -0.39 is 22.7 Å². The average Bonchev–Trinajstić information content (AvgIpc) is 3.21. The SMILES string of the molecule is Cc1c(C(=O)Nc2ccc(Cl)c(C(F)(F)F)c2)sc2nc3n(c(=O)c12)CCC3. The second-order valence-electron chi connectivity index (χ2n) is 6.47. The number of thiophene rings is 1. The van der Waals surface area contributed by atoms with E-state index in [4.69, 9.17) is 11.6 Å². The number of aryl methyl sites for hydroxylation is 2. The maximum atomic E-state index is 13.0. The third kappa shape index (κ3) is 3.08.